The fourth-order valence-corrected chi connectivity index (χ4v) is 8.59. The van der Waals surface area contributed by atoms with Crippen molar-refractivity contribution in [1.82, 2.24) is 4.90 Å². The Bertz CT molecular complexity index is 1180. The first-order valence-corrected chi connectivity index (χ1v) is 14.3. The van der Waals surface area contributed by atoms with Crippen molar-refractivity contribution in [3.63, 3.8) is 0 Å². The molecule has 2 aromatic carbocycles. The third-order valence-electron chi connectivity index (χ3n) is 6.54. The number of hydrogen-bond acceptors (Lipinski definition) is 6. The Labute approximate surface area is 203 Å². The zero-order chi connectivity index (χ0) is 23.0. The molecule has 6 nitrogen and oxygen atoms in total. The number of fused-ring (bicyclic) bond motifs is 1. The second-order valence-corrected chi connectivity index (χ2v) is 12.8. The molecule has 0 saturated carbocycles. The van der Waals surface area contributed by atoms with Crippen molar-refractivity contribution in [3.05, 3.63) is 64.7 Å². The summed E-state index contributed by atoms with van der Waals surface area (Å²) >= 11 is 7.82. The average molecular weight is 504 g/mol. The number of carbonyl (C=O) groups is 1. The Morgan fingerprint density at radius 1 is 1.12 bits per heavy atom. The number of aliphatic imine (C=N–C) groups is 1. The highest BCUT2D eigenvalue weighted by Gasteiger charge is 2.42. The second-order valence-electron chi connectivity index (χ2n) is 8.98. The van der Waals surface area contributed by atoms with E-state index in [1.165, 1.54) is 17.3 Å². The van der Waals surface area contributed by atoms with Gasteiger partial charge in [-0.1, -0.05) is 53.7 Å². The summed E-state index contributed by atoms with van der Waals surface area (Å²) in [6.07, 6.45) is 3.05. The van der Waals surface area contributed by atoms with Crippen molar-refractivity contribution in [2.24, 2.45) is 10.9 Å². The standard InChI is InChI=1S/C24H26ClN3O3S2/c25-19-7-6-18(13-20(19)26-24-27-21-14-33(30,31)15-22(21)32-24)23(29)28-10-8-17(9-11-28)12-16-4-2-1-3-5-16/h1-7,13,17,21-22H,8-12,14-15H2,(H,26,27)/t21-,22-/m0/s1. The van der Waals surface area contributed by atoms with Gasteiger partial charge < -0.3 is 10.2 Å². The maximum absolute atomic E-state index is 13.1. The van der Waals surface area contributed by atoms with Gasteiger partial charge in [-0.25, -0.2) is 8.42 Å². The predicted molar refractivity (Wildman–Crippen MR) is 135 cm³/mol. The SMILES string of the molecule is O=C(c1ccc(Cl)c(NC2=N[C@H]3CS(=O)(=O)C[C@@H]3S2)c1)N1CCC(Cc2ccccc2)CC1. The van der Waals surface area contributed by atoms with E-state index < -0.39 is 9.84 Å². The van der Waals surface area contributed by atoms with Gasteiger partial charge in [-0.2, -0.15) is 0 Å². The van der Waals surface area contributed by atoms with Crippen LogP contribution in [0.15, 0.2) is 53.5 Å². The Kier molecular flexibility index (Phi) is 6.42. The first-order valence-electron chi connectivity index (χ1n) is 11.2. The van der Waals surface area contributed by atoms with Crippen molar-refractivity contribution >= 4 is 50.0 Å². The van der Waals surface area contributed by atoms with Gasteiger partial charge in [-0.05, 0) is 48.9 Å². The topological polar surface area (TPSA) is 78.8 Å². The molecule has 2 aromatic rings. The van der Waals surface area contributed by atoms with E-state index in [-0.39, 0.29) is 28.7 Å². The lowest BCUT2D eigenvalue weighted by Crippen LogP contribution is -2.38. The molecule has 1 amide bonds. The van der Waals surface area contributed by atoms with Crippen molar-refractivity contribution in [3.8, 4) is 0 Å². The van der Waals surface area contributed by atoms with Gasteiger partial charge in [-0.15, -0.1) is 0 Å². The Morgan fingerprint density at radius 3 is 2.61 bits per heavy atom. The highest BCUT2D eigenvalue weighted by Crippen LogP contribution is 2.36. The van der Waals surface area contributed by atoms with Crippen molar-refractivity contribution in [2.45, 2.75) is 30.6 Å². The van der Waals surface area contributed by atoms with Crippen LogP contribution >= 0.6 is 23.4 Å². The van der Waals surface area contributed by atoms with Gasteiger partial charge in [0.2, 0.25) is 0 Å². The largest absolute Gasteiger partial charge is 0.339 e. The molecule has 0 aromatic heterocycles. The molecule has 3 heterocycles. The number of sulfone groups is 1. The first kappa shape index (κ1) is 22.7. The Hall–Kier alpha value is -2.03. The van der Waals surface area contributed by atoms with E-state index in [2.05, 4.69) is 34.6 Å². The van der Waals surface area contributed by atoms with Gasteiger partial charge in [0.05, 0.1) is 28.3 Å². The quantitative estimate of drug-likeness (QED) is 0.679. The summed E-state index contributed by atoms with van der Waals surface area (Å²) < 4.78 is 23.6. The number of amidine groups is 1. The fraction of sp³-hybridized carbons (Fsp3) is 0.417. The third kappa shape index (κ3) is 5.23. The van der Waals surface area contributed by atoms with E-state index in [9.17, 15) is 13.2 Å². The van der Waals surface area contributed by atoms with Gasteiger partial charge in [0.1, 0.15) is 0 Å². The molecule has 3 aliphatic rings. The van der Waals surface area contributed by atoms with Crippen LogP contribution in [0.4, 0.5) is 5.69 Å². The molecule has 0 spiro atoms. The van der Waals surface area contributed by atoms with Gasteiger partial charge >= 0.3 is 0 Å². The highest BCUT2D eigenvalue weighted by atomic mass is 35.5. The minimum Gasteiger partial charge on any atom is -0.339 e. The first-order chi connectivity index (χ1) is 15.9. The molecule has 0 radical (unpaired) electrons. The molecular weight excluding hydrogens is 478 g/mol. The van der Waals surface area contributed by atoms with E-state index in [0.717, 1.165) is 32.4 Å². The van der Waals surface area contributed by atoms with Crippen LogP contribution in [0, 0.1) is 5.92 Å². The summed E-state index contributed by atoms with van der Waals surface area (Å²) in [5.41, 5.74) is 2.57. The van der Waals surface area contributed by atoms with E-state index in [4.69, 9.17) is 11.6 Å². The minimum atomic E-state index is -2.99. The van der Waals surface area contributed by atoms with Crippen LogP contribution in [-0.2, 0) is 16.3 Å². The van der Waals surface area contributed by atoms with E-state index in [1.54, 1.807) is 18.2 Å². The monoisotopic (exact) mass is 503 g/mol. The third-order valence-corrected chi connectivity index (χ3v) is 10.0. The highest BCUT2D eigenvalue weighted by molar-refractivity contribution is 8.15. The molecular formula is C24H26ClN3O3S2. The molecule has 2 fully saturated rings. The number of anilines is 1. The summed E-state index contributed by atoms with van der Waals surface area (Å²) in [7, 11) is -2.99. The second kappa shape index (κ2) is 9.31. The number of thioether (sulfide) groups is 1. The van der Waals surface area contributed by atoms with Crippen LogP contribution in [0.3, 0.4) is 0 Å². The number of piperidine rings is 1. The summed E-state index contributed by atoms with van der Waals surface area (Å²) in [6.45, 7) is 1.50. The number of likely N-dealkylation sites (tertiary alicyclic amines) is 1. The summed E-state index contributed by atoms with van der Waals surface area (Å²) in [6, 6.07) is 15.6. The molecule has 1 N–H and O–H groups in total. The summed E-state index contributed by atoms with van der Waals surface area (Å²) in [5, 5.41) is 4.33. The number of carbonyl (C=O) groups excluding carboxylic acids is 1. The fourth-order valence-electron chi connectivity index (χ4n) is 4.76. The predicted octanol–water partition coefficient (Wildman–Crippen LogP) is 4.12. The molecule has 174 valence electrons. The maximum atomic E-state index is 13.1. The normalized spacial score (nSPS) is 24.4. The van der Waals surface area contributed by atoms with Gasteiger partial charge in [0.25, 0.3) is 5.91 Å². The number of rotatable bonds is 4. The van der Waals surface area contributed by atoms with Crippen molar-refractivity contribution < 1.29 is 13.2 Å². The van der Waals surface area contributed by atoms with Crippen LogP contribution < -0.4 is 5.32 Å². The molecule has 3 aliphatic heterocycles. The number of nitrogens with zero attached hydrogens (tertiary/aromatic N) is 2. The molecule has 0 unspecified atom stereocenters. The molecule has 33 heavy (non-hydrogen) atoms. The molecule has 5 rings (SSSR count). The van der Waals surface area contributed by atoms with Crippen molar-refractivity contribution in [1.29, 1.82) is 0 Å². The average Bonchev–Trinajstić information content (AvgIpc) is 3.28. The van der Waals surface area contributed by atoms with Crippen LogP contribution in [0.25, 0.3) is 0 Å². The molecule has 9 heteroatoms. The summed E-state index contributed by atoms with van der Waals surface area (Å²) in [4.78, 5) is 19.6. The maximum Gasteiger partial charge on any atom is 0.253 e. The van der Waals surface area contributed by atoms with E-state index >= 15 is 0 Å². The van der Waals surface area contributed by atoms with E-state index in [1.807, 2.05) is 11.0 Å². The lowest BCUT2D eigenvalue weighted by Gasteiger charge is -2.32. The molecule has 0 bridgehead atoms. The van der Waals surface area contributed by atoms with Crippen LogP contribution in [-0.4, -0.2) is 60.3 Å². The lowest BCUT2D eigenvalue weighted by atomic mass is 9.90. The van der Waals surface area contributed by atoms with E-state index in [0.29, 0.717) is 27.4 Å². The Morgan fingerprint density at radius 2 is 1.88 bits per heavy atom. The molecule has 0 aliphatic carbocycles. The van der Waals surface area contributed by atoms with Gasteiger partial charge in [0.15, 0.2) is 15.0 Å². The number of hydrogen-bond donors (Lipinski definition) is 1. The zero-order valence-corrected chi connectivity index (χ0v) is 20.5. The molecule has 2 saturated heterocycles. The van der Waals surface area contributed by atoms with Gasteiger partial charge in [-0.3, -0.25) is 9.79 Å². The van der Waals surface area contributed by atoms with Gasteiger partial charge in [0, 0.05) is 23.9 Å². The Balaban J connectivity index is 1.21. The lowest BCUT2D eigenvalue weighted by molar-refractivity contribution is 0.0690. The smallest absolute Gasteiger partial charge is 0.253 e. The summed E-state index contributed by atoms with van der Waals surface area (Å²) in [5.74, 6) is 0.864. The minimum absolute atomic E-state index is 0.0110. The van der Waals surface area contributed by atoms with Crippen molar-refractivity contribution in [2.75, 3.05) is 29.9 Å². The number of benzene rings is 2. The van der Waals surface area contributed by atoms with Crippen LogP contribution in [0.1, 0.15) is 28.8 Å². The van der Waals surface area contributed by atoms with Crippen LogP contribution in [0.2, 0.25) is 5.02 Å². The number of nitrogens with one attached hydrogen (secondary N) is 1. The molecule has 2 atom stereocenters. The number of amides is 1. The van der Waals surface area contributed by atoms with Crippen LogP contribution in [0.5, 0.6) is 0 Å². The zero-order valence-electron chi connectivity index (χ0n) is 18.1. The number of halogens is 1.